The van der Waals surface area contributed by atoms with E-state index in [-0.39, 0.29) is 18.9 Å². The van der Waals surface area contributed by atoms with Crippen LogP contribution in [0, 0.1) is 5.92 Å². The smallest absolute Gasteiger partial charge is 0.276 e. The Bertz CT molecular complexity index is 842. The number of benzene rings is 2. The van der Waals surface area contributed by atoms with Crippen molar-refractivity contribution in [3.63, 3.8) is 0 Å². The van der Waals surface area contributed by atoms with Crippen LogP contribution in [-0.4, -0.2) is 35.8 Å². The van der Waals surface area contributed by atoms with Crippen LogP contribution in [0.1, 0.15) is 12.0 Å². The Balaban J connectivity index is 1.41. The molecule has 3 rings (SSSR count). The number of carbonyl (C=O) groups is 3. The van der Waals surface area contributed by atoms with Gasteiger partial charge in [-0.3, -0.25) is 25.2 Å². The number of ether oxygens (including phenoxy) is 1. The van der Waals surface area contributed by atoms with E-state index in [4.69, 9.17) is 16.3 Å². The Kier molecular flexibility index (Phi) is 6.49. The highest BCUT2D eigenvalue weighted by Gasteiger charge is 2.34. The molecule has 1 heterocycles. The molecule has 1 aliphatic rings. The minimum Gasteiger partial charge on any atom is -0.484 e. The van der Waals surface area contributed by atoms with Crippen molar-refractivity contribution in [2.24, 2.45) is 5.92 Å². The molecule has 0 aromatic heterocycles. The van der Waals surface area contributed by atoms with E-state index in [1.807, 2.05) is 30.3 Å². The largest absolute Gasteiger partial charge is 0.484 e. The number of amides is 3. The number of rotatable bonds is 6. The molecular weight excluding hydrogens is 382 g/mol. The van der Waals surface area contributed by atoms with Crippen LogP contribution in [0.5, 0.6) is 5.75 Å². The van der Waals surface area contributed by atoms with E-state index in [2.05, 4.69) is 10.9 Å². The first-order valence-corrected chi connectivity index (χ1v) is 9.18. The molecule has 2 N–H and O–H groups in total. The van der Waals surface area contributed by atoms with Crippen molar-refractivity contribution in [3.05, 3.63) is 65.2 Å². The van der Waals surface area contributed by atoms with E-state index in [1.54, 1.807) is 29.2 Å². The number of hydrazine groups is 1. The highest BCUT2D eigenvalue weighted by Crippen LogP contribution is 2.20. The quantitative estimate of drug-likeness (QED) is 0.724. The monoisotopic (exact) mass is 401 g/mol. The highest BCUT2D eigenvalue weighted by molar-refractivity contribution is 6.30. The number of halogens is 1. The average molecular weight is 402 g/mol. The number of likely N-dealkylation sites (tertiary alicyclic amines) is 1. The lowest BCUT2D eigenvalue weighted by Crippen LogP contribution is -2.46. The fourth-order valence-electron chi connectivity index (χ4n) is 2.85. The van der Waals surface area contributed by atoms with Crippen LogP contribution < -0.4 is 15.6 Å². The lowest BCUT2D eigenvalue weighted by atomic mass is 10.1. The Morgan fingerprint density at radius 1 is 1.07 bits per heavy atom. The van der Waals surface area contributed by atoms with Gasteiger partial charge >= 0.3 is 0 Å². The summed E-state index contributed by atoms with van der Waals surface area (Å²) in [6.07, 6.45) is 0.121. The van der Waals surface area contributed by atoms with Crippen molar-refractivity contribution in [1.29, 1.82) is 0 Å². The SMILES string of the molecule is O=C(COc1ccc(Cl)cc1)NNC(=O)C1CC(=O)N(Cc2ccccc2)C1. The summed E-state index contributed by atoms with van der Waals surface area (Å²) in [6, 6.07) is 16.2. The molecule has 7 nitrogen and oxygen atoms in total. The summed E-state index contributed by atoms with van der Waals surface area (Å²) >= 11 is 5.78. The molecule has 1 saturated heterocycles. The summed E-state index contributed by atoms with van der Waals surface area (Å²) in [5.74, 6) is -1.00. The molecule has 0 radical (unpaired) electrons. The summed E-state index contributed by atoms with van der Waals surface area (Å²) in [5, 5.41) is 0.566. The number of carbonyl (C=O) groups excluding carboxylic acids is 3. The van der Waals surface area contributed by atoms with Crippen LogP contribution in [0.4, 0.5) is 0 Å². The van der Waals surface area contributed by atoms with Crippen LogP contribution in [0.2, 0.25) is 5.02 Å². The van der Waals surface area contributed by atoms with Crippen molar-refractivity contribution >= 4 is 29.3 Å². The van der Waals surface area contributed by atoms with Gasteiger partial charge in [-0.15, -0.1) is 0 Å². The summed E-state index contributed by atoms with van der Waals surface area (Å²) < 4.78 is 5.30. The van der Waals surface area contributed by atoms with Gasteiger partial charge in [0.2, 0.25) is 11.8 Å². The lowest BCUT2D eigenvalue weighted by molar-refractivity contribution is -0.132. The van der Waals surface area contributed by atoms with Crippen LogP contribution in [0.15, 0.2) is 54.6 Å². The van der Waals surface area contributed by atoms with Gasteiger partial charge in [0.1, 0.15) is 5.75 Å². The molecule has 0 aliphatic carbocycles. The Hall–Kier alpha value is -3.06. The van der Waals surface area contributed by atoms with Gasteiger partial charge in [-0.2, -0.15) is 0 Å². The third-order valence-corrected chi connectivity index (χ3v) is 4.56. The molecule has 0 bridgehead atoms. The maximum absolute atomic E-state index is 12.2. The summed E-state index contributed by atoms with van der Waals surface area (Å²) in [6.45, 7) is 0.521. The first kappa shape index (κ1) is 19.7. The lowest BCUT2D eigenvalue weighted by Gasteiger charge is -2.16. The van der Waals surface area contributed by atoms with Crippen LogP contribution >= 0.6 is 11.6 Å². The first-order chi connectivity index (χ1) is 13.5. The highest BCUT2D eigenvalue weighted by atomic mass is 35.5. The molecule has 1 unspecified atom stereocenters. The molecule has 2 aromatic rings. The molecule has 2 aromatic carbocycles. The van der Waals surface area contributed by atoms with E-state index in [0.717, 1.165) is 5.56 Å². The van der Waals surface area contributed by atoms with Gasteiger partial charge in [0.25, 0.3) is 5.91 Å². The molecule has 146 valence electrons. The zero-order valence-corrected chi connectivity index (χ0v) is 15.8. The Morgan fingerprint density at radius 3 is 2.50 bits per heavy atom. The van der Waals surface area contributed by atoms with Crippen molar-refractivity contribution < 1.29 is 19.1 Å². The number of nitrogens with zero attached hydrogens (tertiary/aromatic N) is 1. The van der Waals surface area contributed by atoms with Gasteiger partial charge in [0, 0.05) is 24.5 Å². The molecule has 1 fully saturated rings. The van der Waals surface area contributed by atoms with Crippen LogP contribution in [0.25, 0.3) is 0 Å². The minimum atomic E-state index is -0.506. The predicted molar refractivity (Wildman–Crippen MR) is 103 cm³/mol. The van der Waals surface area contributed by atoms with Crippen molar-refractivity contribution in [1.82, 2.24) is 15.8 Å². The first-order valence-electron chi connectivity index (χ1n) is 8.80. The topological polar surface area (TPSA) is 87.7 Å². The Morgan fingerprint density at radius 2 is 1.79 bits per heavy atom. The second kappa shape index (κ2) is 9.23. The molecular formula is C20H20ClN3O4. The van der Waals surface area contributed by atoms with E-state index in [1.165, 1.54) is 0 Å². The van der Waals surface area contributed by atoms with Crippen LogP contribution in [0.3, 0.4) is 0 Å². The third kappa shape index (κ3) is 5.47. The van der Waals surface area contributed by atoms with E-state index < -0.39 is 17.7 Å². The fraction of sp³-hybridized carbons (Fsp3) is 0.250. The molecule has 1 atom stereocenters. The number of hydrogen-bond donors (Lipinski definition) is 2. The second-order valence-electron chi connectivity index (χ2n) is 6.44. The van der Waals surface area contributed by atoms with E-state index in [0.29, 0.717) is 23.9 Å². The van der Waals surface area contributed by atoms with Crippen molar-refractivity contribution in [2.45, 2.75) is 13.0 Å². The third-order valence-electron chi connectivity index (χ3n) is 4.31. The molecule has 8 heteroatoms. The summed E-state index contributed by atoms with van der Waals surface area (Å²) in [5.41, 5.74) is 5.66. The molecule has 28 heavy (non-hydrogen) atoms. The van der Waals surface area contributed by atoms with Crippen LogP contribution in [-0.2, 0) is 20.9 Å². The maximum atomic E-state index is 12.2. The molecule has 1 aliphatic heterocycles. The normalized spacial score (nSPS) is 16.0. The standard InChI is InChI=1S/C20H20ClN3O4/c21-16-6-8-17(9-7-16)28-13-18(25)22-23-20(27)15-10-19(26)24(12-15)11-14-4-2-1-3-5-14/h1-9,15H,10-13H2,(H,22,25)(H,23,27). The number of hydrogen-bond acceptors (Lipinski definition) is 4. The fourth-order valence-corrected chi connectivity index (χ4v) is 2.98. The van der Waals surface area contributed by atoms with E-state index in [9.17, 15) is 14.4 Å². The number of nitrogens with one attached hydrogen (secondary N) is 2. The molecule has 0 saturated carbocycles. The van der Waals surface area contributed by atoms with Gasteiger partial charge in [-0.1, -0.05) is 41.9 Å². The zero-order valence-electron chi connectivity index (χ0n) is 15.1. The average Bonchev–Trinajstić information content (AvgIpc) is 3.07. The van der Waals surface area contributed by atoms with Crippen molar-refractivity contribution in [3.8, 4) is 5.75 Å². The van der Waals surface area contributed by atoms with Gasteiger partial charge in [0.05, 0.1) is 5.92 Å². The molecule has 0 spiro atoms. The maximum Gasteiger partial charge on any atom is 0.276 e. The van der Waals surface area contributed by atoms with Gasteiger partial charge < -0.3 is 9.64 Å². The minimum absolute atomic E-state index is 0.0820. The van der Waals surface area contributed by atoms with Gasteiger partial charge in [-0.05, 0) is 29.8 Å². The summed E-state index contributed by atoms with van der Waals surface area (Å²) in [7, 11) is 0. The van der Waals surface area contributed by atoms with Gasteiger partial charge in [0.15, 0.2) is 6.61 Å². The second-order valence-corrected chi connectivity index (χ2v) is 6.88. The van der Waals surface area contributed by atoms with Crippen molar-refractivity contribution in [2.75, 3.05) is 13.2 Å². The van der Waals surface area contributed by atoms with E-state index >= 15 is 0 Å². The Labute approximate surface area is 167 Å². The predicted octanol–water partition coefficient (Wildman–Crippen LogP) is 1.91. The molecule has 3 amide bonds. The summed E-state index contributed by atoms with van der Waals surface area (Å²) in [4.78, 5) is 37.9. The zero-order chi connectivity index (χ0) is 19.9. The van der Waals surface area contributed by atoms with Gasteiger partial charge in [-0.25, -0.2) is 0 Å².